The number of aromatic nitrogens is 1. The van der Waals surface area contributed by atoms with E-state index in [1.807, 2.05) is 6.92 Å². The molecule has 20 heavy (non-hydrogen) atoms. The Morgan fingerprint density at radius 3 is 2.90 bits per heavy atom. The zero-order chi connectivity index (χ0) is 15.1. The number of nitrogens with zero attached hydrogens (tertiary/aromatic N) is 2. The van der Waals surface area contributed by atoms with Gasteiger partial charge in [-0.25, -0.2) is 9.78 Å². The molecule has 0 amide bonds. The van der Waals surface area contributed by atoms with Crippen LogP contribution in [0.3, 0.4) is 0 Å². The lowest BCUT2D eigenvalue weighted by molar-refractivity contribution is -0.385. The number of nitro groups is 1. The molecule has 0 aliphatic carbocycles. The van der Waals surface area contributed by atoms with E-state index in [2.05, 4.69) is 17.2 Å². The molecular weight excluding hydrogens is 282 g/mol. The van der Waals surface area contributed by atoms with Crippen molar-refractivity contribution in [3.63, 3.8) is 0 Å². The van der Waals surface area contributed by atoms with Crippen molar-refractivity contribution in [1.82, 2.24) is 4.98 Å². The van der Waals surface area contributed by atoms with Gasteiger partial charge in [-0.3, -0.25) is 10.1 Å². The van der Waals surface area contributed by atoms with Gasteiger partial charge in [0.05, 0.1) is 4.92 Å². The molecule has 1 aromatic rings. The molecule has 0 radical (unpaired) electrons. The summed E-state index contributed by atoms with van der Waals surface area (Å²) in [5, 5.41) is 22.7. The van der Waals surface area contributed by atoms with Crippen LogP contribution in [0.5, 0.6) is 0 Å². The van der Waals surface area contributed by atoms with Crippen LogP contribution in [0.2, 0.25) is 0 Å². The summed E-state index contributed by atoms with van der Waals surface area (Å²) in [4.78, 5) is 25.0. The topological polar surface area (TPSA) is 105 Å². The number of carboxylic acid groups (broad SMARTS) is 1. The Kier molecular flexibility index (Phi) is 6.23. The van der Waals surface area contributed by atoms with Crippen LogP contribution in [0.25, 0.3) is 0 Å². The Bertz CT molecular complexity index is 496. The van der Waals surface area contributed by atoms with Crippen molar-refractivity contribution >= 4 is 29.2 Å². The maximum Gasteiger partial charge on any atom is 0.339 e. The second-order valence-corrected chi connectivity index (χ2v) is 5.58. The van der Waals surface area contributed by atoms with Crippen molar-refractivity contribution in [3.05, 3.63) is 27.9 Å². The van der Waals surface area contributed by atoms with Crippen LogP contribution in [-0.2, 0) is 0 Å². The fourth-order valence-electron chi connectivity index (χ4n) is 1.54. The van der Waals surface area contributed by atoms with E-state index < -0.39 is 10.9 Å². The second kappa shape index (κ2) is 7.68. The molecule has 110 valence electrons. The van der Waals surface area contributed by atoms with Gasteiger partial charge in [0.15, 0.2) is 0 Å². The average molecular weight is 299 g/mol. The fraction of sp³-hybridized carbons (Fsp3) is 0.500. The zero-order valence-corrected chi connectivity index (χ0v) is 12.1. The number of thioether (sulfide) groups is 1. The summed E-state index contributed by atoms with van der Waals surface area (Å²) in [6.07, 6.45) is 1.92. The molecule has 0 spiro atoms. The number of pyridine rings is 1. The van der Waals surface area contributed by atoms with E-state index in [0.717, 1.165) is 30.2 Å². The van der Waals surface area contributed by atoms with E-state index in [0.29, 0.717) is 0 Å². The van der Waals surface area contributed by atoms with Gasteiger partial charge in [0.1, 0.15) is 17.6 Å². The zero-order valence-electron chi connectivity index (χ0n) is 11.3. The van der Waals surface area contributed by atoms with Crippen LogP contribution in [0.4, 0.5) is 11.5 Å². The first-order chi connectivity index (χ1) is 9.45. The van der Waals surface area contributed by atoms with Gasteiger partial charge in [-0.15, -0.1) is 0 Å². The monoisotopic (exact) mass is 299 g/mol. The Balaban J connectivity index is 2.83. The van der Waals surface area contributed by atoms with E-state index in [-0.39, 0.29) is 23.1 Å². The van der Waals surface area contributed by atoms with Crippen molar-refractivity contribution in [3.8, 4) is 0 Å². The van der Waals surface area contributed by atoms with Crippen LogP contribution in [0.15, 0.2) is 12.3 Å². The average Bonchev–Trinajstić information content (AvgIpc) is 2.38. The summed E-state index contributed by atoms with van der Waals surface area (Å²) < 4.78 is 0. The first-order valence-corrected chi connectivity index (χ1v) is 7.33. The summed E-state index contributed by atoms with van der Waals surface area (Å²) >= 11 is 1.80. The number of carboxylic acids is 1. The highest BCUT2D eigenvalue weighted by molar-refractivity contribution is 7.99. The van der Waals surface area contributed by atoms with Gasteiger partial charge in [-0.1, -0.05) is 6.92 Å². The summed E-state index contributed by atoms with van der Waals surface area (Å²) in [5.74, 6) is 0.916. The lowest BCUT2D eigenvalue weighted by atomic mass is 10.2. The number of anilines is 1. The third-order valence-electron chi connectivity index (χ3n) is 2.60. The number of carbonyl (C=O) groups is 1. The van der Waals surface area contributed by atoms with Gasteiger partial charge in [-0.05, 0) is 24.9 Å². The molecule has 0 aliphatic heterocycles. The second-order valence-electron chi connectivity index (χ2n) is 4.18. The Morgan fingerprint density at radius 1 is 1.65 bits per heavy atom. The smallest absolute Gasteiger partial charge is 0.339 e. The van der Waals surface area contributed by atoms with Crippen LogP contribution in [0, 0.1) is 10.1 Å². The quantitative estimate of drug-likeness (QED) is 0.432. The van der Waals surface area contributed by atoms with Crippen molar-refractivity contribution < 1.29 is 14.8 Å². The van der Waals surface area contributed by atoms with Crippen molar-refractivity contribution in [1.29, 1.82) is 0 Å². The SMILES string of the molecule is CCSCCC(C)Nc1ncc([N+](=O)[O-])cc1C(=O)O. The van der Waals surface area contributed by atoms with Crippen LogP contribution in [0.1, 0.15) is 30.6 Å². The molecule has 0 fully saturated rings. The minimum Gasteiger partial charge on any atom is -0.478 e. The van der Waals surface area contributed by atoms with Crippen molar-refractivity contribution in [2.45, 2.75) is 26.3 Å². The Labute approximate surface area is 120 Å². The van der Waals surface area contributed by atoms with Crippen molar-refractivity contribution in [2.75, 3.05) is 16.8 Å². The highest BCUT2D eigenvalue weighted by Crippen LogP contribution is 2.20. The molecule has 0 saturated carbocycles. The fourth-order valence-corrected chi connectivity index (χ4v) is 2.35. The third kappa shape index (κ3) is 4.69. The largest absolute Gasteiger partial charge is 0.478 e. The lowest BCUT2D eigenvalue weighted by Crippen LogP contribution is -2.19. The van der Waals surface area contributed by atoms with Gasteiger partial charge in [0, 0.05) is 12.1 Å². The van der Waals surface area contributed by atoms with E-state index in [1.165, 1.54) is 0 Å². The maximum absolute atomic E-state index is 11.1. The summed E-state index contributed by atoms with van der Waals surface area (Å²) in [6.45, 7) is 3.99. The van der Waals surface area contributed by atoms with Crippen molar-refractivity contribution in [2.24, 2.45) is 0 Å². The van der Waals surface area contributed by atoms with Crippen LogP contribution < -0.4 is 5.32 Å². The number of hydrogen-bond acceptors (Lipinski definition) is 6. The lowest BCUT2D eigenvalue weighted by Gasteiger charge is -2.15. The van der Waals surface area contributed by atoms with Gasteiger partial charge in [0.25, 0.3) is 5.69 Å². The van der Waals surface area contributed by atoms with Crippen LogP contribution in [-0.4, -0.2) is 38.5 Å². The molecule has 2 N–H and O–H groups in total. The molecule has 1 unspecified atom stereocenters. The first-order valence-electron chi connectivity index (χ1n) is 6.17. The summed E-state index contributed by atoms with van der Waals surface area (Å²) in [6, 6.07) is 1.06. The first kappa shape index (κ1) is 16.2. The molecule has 1 atom stereocenters. The van der Waals surface area contributed by atoms with Gasteiger partial charge in [-0.2, -0.15) is 11.8 Å². The number of hydrogen-bond donors (Lipinski definition) is 2. The Hall–Kier alpha value is -1.83. The highest BCUT2D eigenvalue weighted by atomic mass is 32.2. The number of nitrogens with one attached hydrogen (secondary N) is 1. The molecule has 8 heteroatoms. The minimum atomic E-state index is -1.24. The summed E-state index contributed by atoms with van der Waals surface area (Å²) in [7, 11) is 0. The van der Waals surface area contributed by atoms with Gasteiger partial charge in [0.2, 0.25) is 0 Å². The predicted molar refractivity (Wildman–Crippen MR) is 78.6 cm³/mol. The van der Waals surface area contributed by atoms with E-state index in [1.54, 1.807) is 11.8 Å². The van der Waals surface area contributed by atoms with E-state index in [4.69, 9.17) is 5.11 Å². The normalized spacial score (nSPS) is 11.9. The Morgan fingerprint density at radius 2 is 2.35 bits per heavy atom. The molecule has 0 aromatic carbocycles. The number of rotatable bonds is 8. The third-order valence-corrected chi connectivity index (χ3v) is 3.53. The molecule has 1 heterocycles. The van der Waals surface area contributed by atoms with Gasteiger partial charge >= 0.3 is 5.97 Å². The molecular formula is C12H17N3O4S. The van der Waals surface area contributed by atoms with Gasteiger partial charge < -0.3 is 10.4 Å². The van der Waals surface area contributed by atoms with E-state index in [9.17, 15) is 14.9 Å². The summed E-state index contributed by atoms with van der Waals surface area (Å²) in [5.41, 5.74) is -0.517. The molecule has 7 nitrogen and oxygen atoms in total. The predicted octanol–water partition coefficient (Wildman–Crippen LogP) is 2.63. The number of aromatic carboxylic acids is 1. The molecule has 0 aliphatic rings. The molecule has 1 aromatic heterocycles. The molecule has 0 bridgehead atoms. The van der Waals surface area contributed by atoms with Crippen LogP contribution >= 0.6 is 11.8 Å². The standard InChI is InChI=1S/C12H17N3O4S/c1-3-20-5-4-8(2)14-11-10(12(16)17)6-9(7-13-11)15(18)19/h6-8H,3-5H2,1-2H3,(H,13,14)(H,16,17). The highest BCUT2D eigenvalue weighted by Gasteiger charge is 2.18. The molecule has 0 saturated heterocycles. The minimum absolute atomic E-state index is 0.0427. The molecule has 1 rings (SSSR count). The maximum atomic E-state index is 11.1. The van der Waals surface area contributed by atoms with E-state index >= 15 is 0 Å².